The Bertz CT molecular complexity index is 235. The lowest BCUT2D eigenvalue weighted by molar-refractivity contribution is 0.169. The highest BCUT2D eigenvalue weighted by molar-refractivity contribution is 9.10. The fourth-order valence-corrected chi connectivity index (χ4v) is 1.15. The van der Waals surface area contributed by atoms with Crippen LogP contribution in [0.25, 0.3) is 0 Å². The van der Waals surface area contributed by atoms with Crippen LogP contribution >= 0.6 is 15.9 Å². The van der Waals surface area contributed by atoms with Crippen LogP contribution in [-0.4, -0.2) is 16.2 Å². The van der Waals surface area contributed by atoms with Gasteiger partial charge < -0.3 is 5.11 Å². The second-order valence-corrected chi connectivity index (χ2v) is 3.65. The standard InChI is InChI=1S/C9H12BrNO/c1-2-9(12)5-8-4-3-7(10)6-11-8/h3-4,6,9,12H,2,5H2,1H3. The first-order chi connectivity index (χ1) is 5.72. The smallest absolute Gasteiger partial charge is 0.0593 e. The highest BCUT2D eigenvalue weighted by Gasteiger charge is 2.02. The van der Waals surface area contributed by atoms with Gasteiger partial charge in [-0.3, -0.25) is 4.98 Å². The molecule has 1 unspecified atom stereocenters. The lowest BCUT2D eigenvalue weighted by Gasteiger charge is -2.05. The molecule has 0 amide bonds. The molecule has 1 aromatic rings. The third-order valence-electron chi connectivity index (χ3n) is 1.70. The van der Waals surface area contributed by atoms with Crippen molar-refractivity contribution in [3.05, 3.63) is 28.5 Å². The first-order valence-electron chi connectivity index (χ1n) is 4.01. The molecule has 0 bridgehead atoms. The van der Waals surface area contributed by atoms with Crippen LogP contribution in [0.3, 0.4) is 0 Å². The minimum Gasteiger partial charge on any atom is -0.393 e. The molecule has 0 fully saturated rings. The van der Waals surface area contributed by atoms with Crippen LogP contribution in [0.4, 0.5) is 0 Å². The lowest BCUT2D eigenvalue weighted by Crippen LogP contribution is -2.09. The van der Waals surface area contributed by atoms with E-state index in [2.05, 4.69) is 20.9 Å². The normalized spacial score (nSPS) is 12.9. The van der Waals surface area contributed by atoms with E-state index in [1.807, 2.05) is 19.1 Å². The maximum Gasteiger partial charge on any atom is 0.0593 e. The largest absolute Gasteiger partial charge is 0.393 e. The van der Waals surface area contributed by atoms with E-state index in [1.54, 1.807) is 6.20 Å². The van der Waals surface area contributed by atoms with Gasteiger partial charge in [-0.2, -0.15) is 0 Å². The molecule has 0 aromatic carbocycles. The number of rotatable bonds is 3. The maximum atomic E-state index is 9.33. The second kappa shape index (κ2) is 4.58. The van der Waals surface area contributed by atoms with Crippen LogP contribution in [0.1, 0.15) is 19.0 Å². The van der Waals surface area contributed by atoms with Crippen LogP contribution in [0.15, 0.2) is 22.8 Å². The molecule has 0 aliphatic rings. The SMILES string of the molecule is CCC(O)Cc1ccc(Br)cn1. The number of aliphatic hydroxyl groups excluding tert-OH is 1. The van der Waals surface area contributed by atoms with Crippen molar-refractivity contribution in [2.75, 3.05) is 0 Å². The molecule has 1 atom stereocenters. The highest BCUT2D eigenvalue weighted by atomic mass is 79.9. The Morgan fingerprint density at radius 1 is 1.58 bits per heavy atom. The zero-order chi connectivity index (χ0) is 8.97. The minimum atomic E-state index is -0.265. The van der Waals surface area contributed by atoms with Crippen molar-refractivity contribution >= 4 is 15.9 Å². The van der Waals surface area contributed by atoms with E-state index in [0.29, 0.717) is 6.42 Å². The molecule has 0 saturated carbocycles. The Morgan fingerprint density at radius 2 is 2.33 bits per heavy atom. The van der Waals surface area contributed by atoms with Crippen molar-refractivity contribution in [1.82, 2.24) is 4.98 Å². The molecule has 1 rings (SSSR count). The van der Waals surface area contributed by atoms with Crippen molar-refractivity contribution in [3.8, 4) is 0 Å². The molecule has 0 saturated heterocycles. The Morgan fingerprint density at radius 3 is 2.83 bits per heavy atom. The van der Waals surface area contributed by atoms with Crippen LogP contribution < -0.4 is 0 Å². The van der Waals surface area contributed by atoms with E-state index in [-0.39, 0.29) is 6.10 Å². The van der Waals surface area contributed by atoms with Gasteiger partial charge in [0.2, 0.25) is 0 Å². The first kappa shape index (κ1) is 9.68. The van der Waals surface area contributed by atoms with E-state index < -0.39 is 0 Å². The zero-order valence-corrected chi connectivity index (χ0v) is 8.58. The van der Waals surface area contributed by atoms with E-state index in [9.17, 15) is 5.11 Å². The Kier molecular flexibility index (Phi) is 3.69. The van der Waals surface area contributed by atoms with Gasteiger partial charge in [0.25, 0.3) is 0 Å². The van der Waals surface area contributed by atoms with Crippen LogP contribution in [0.5, 0.6) is 0 Å². The van der Waals surface area contributed by atoms with Gasteiger partial charge in [0.1, 0.15) is 0 Å². The number of hydrogen-bond donors (Lipinski definition) is 1. The first-order valence-corrected chi connectivity index (χ1v) is 4.80. The van der Waals surface area contributed by atoms with Gasteiger partial charge in [-0.1, -0.05) is 6.92 Å². The predicted molar refractivity (Wildman–Crippen MR) is 51.9 cm³/mol. The molecular weight excluding hydrogens is 218 g/mol. The maximum absolute atomic E-state index is 9.33. The van der Waals surface area contributed by atoms with Crippen molar-refractivity contribution < 1.29 is 5.11 Å². The van der Waals surface area contributed by atoms with Crippen molar-refractivity contribution in [1.29, 1.82) is 0 Å². The Labute approximate surface area is 80.8 Å². The summed E-state index contributed by atoms with van der Waals surface area (Å²) in [6.45, 7) is 1.96. The molecule has 12 heavy (non-hydrogen) atoms. The van der Waals surface area contributed by atoms with Gasteiger partial charge in [-0.05, 0) is 34.5 Å². The average molecular weight is 230 g/mol. The molecule has 1 aromatic heterocycles. The van der Waals surface area contributed by atoms with Crippen LogP contribution in [-0.2, 0) is 6.42 Å². The third-order valence-corrected chi connectivity index (χ3v) is 2.17. The summed E-state index contributed by atoms with van der Waals surface area (Å²) in [5.74, 6) is 0. The molecule has 1 heterocycles. The third kappa shape index (κ3) is 2.91. The summed E-state index contributed by atoms with van der Waals surface area (Å²) < 4.78 is 0.970. The number of aliphatic hydroxyl groups is 1. The number of aromatic nitrogens is 1. The summed E-state index contributed by atoms with van der Waals surface area (Å²) in [5.41, 5.74) is 0.938. The summed E-state index contributed by atoms with van der Waals surface area (Å²) in [6, 6.07) is 3.85. The molecule has 66 valence electrons. The quantitative estimate of drug-likeness (QED) is 0.863. The Balaban J connectivity index is 2.58. The van der Waals surface area contributed by atoms with Crippen LogP contribution in [0, 0.1) is 0 Å². The molecular formula is C9H12BrNO. The molecule has 1 N–H and O–H groups in total. The molecule has 3 heteroatoms. The van der Waals surface area contributed by atoms with Gasteiger partial charge in [0, 0.05) is 22.8 Å². The molecule has 2 nitrogen and oxygen atoms in total. The van der Waals surface area contributed by atoms with E-state index >= 15 is 0 Å². The monoisotopic (exact) mass is 229 g/mol. The van der Waals surface area contributed by atoms with E-state index in [1.165, 1.54) is 0 Å². The Hall–Kier alpha value is -0.410. The predicted octanol–water partition coefficient (Wildman–Crippen LogP) is 2.16. The van der Waals surface area contributed by atoms with Gasteiger partial charge >= 0.3 is 0 Å². The van der Waals surface area contributed by atoms with E-state index in [0.717, 1.165) is 16.6 Å². The summed E-state index contributed by atoms with van der Waals surface area (Å²) >= 11 is 3.30. The van der Waals surface area contributed by atoms with Crippen LogP contribution in [0.2, 0.25) is 0 Å². The average Bonchev–Trinajstić information content (AvgIpc) is 2.09. The summed E-state index contributed by atoms with van der Waals surface area (Å²) in [4.78, 5) is 4.16. The van der Waals surface area contributed by atoms with E-state index in [4.69, 9.17) is 0 Å². The zero-order valence-electron chi connectivity index (χ0n) is 7.00. The topological polar surface area (TPSA) is 33.1 Å². The summed E-state index contributed by atoms with van der Waals surface area (Å²) in [7, 11) is 0. The summed E-state index contributed by atoms with van der Waals surface area (Å²) in [6.07, 6.45) is 2.90. The van der Waals surface area contributed by atoms with Gasteiger partial charge in [0.05, 0.1) is 6.10 Å². The minimum absolute atomic E-state index is 0.265. The van der Waals surface area contributed by atoms with Crippen molar-refractivity contribution in [2.24, 2.45) is 0 Å². The molecule has 0 aliphatic heterocycles. The molecule has 0 aliphatic carbocycles. The van der Waals surface area contributed by atoms with Crippen molar-refractivity contribution in [3.63, 3.8) is 0 Å². The van der Waals surface area contributed by atoms with Gasteiger partial charge in [0.15, 0.2) is 0 Å². The second-order valence-electron chi connectivity index (χ2n) is 2.73. The van der Waals surface area contributed by atoms with Gasteiger partial charge in [-0.25, -0.2) is 0 Å². The number of hydrogen-bond acceptors (Lipinski definition) is 2. The molecule has 0 radical (unpaired) electrons. The number of halogens is 1. The fraction of sp³-hybridized carbons (Fsp3) is 0.444. The lowest BCUT2D eigenvalue weighted by atomic mass is 10.1. The highest BCUT2D eigenvalue weighted by Crippen LogP contribution is 2.09. The molecule has 0 spiro atoms. The van der Waals surface area contributed by atoms with Gasteiger partial charge in [-0.15, -0.1) is 0 Å². The fourth-order valence-electron chi connectivity index (χ4n) is 0.913. The summed E-state index contributed by atoms with van der Waals surface area (Å²) in [5, 5.41) is 9.33. The van der Waals surface area contributed by atoms with Crippen molar-refractivity contribution in [2.45, 2.75) is 25.9 Å². The number of pyridine rings is 1. The number of nitrogens with zero attached hydrogens (tertiary/aromatic N) is 1.